The van der Waals surface area contributed by atoms with Crippen molar-refractivity contribution in [3.8, 4) is 17.9 Å². The van der Waals surface area contributed by atoms with E-state index in [9.17, 15) is 9.18 Å². The summed E-state index contributed by atoms with van der Waals surface area (Å²) in [7, 11) is 0. The summed E-state index contributed by atoms with van der Waals surface area (Å²) in [6.45, 7) is 3.59. The number of benzene rings is 1. The van der Waals surface area contributed by atoms with E-state index in [0.29, 0.717) is 5.56 Å². The summed E-state index contributed by atoms with van der Waals surface area (Å²) in [5, 5.41) is 17.4. The molecule has 1 rings (SSSR count). The number of nitrogens with zero attached hydrogens (tertiary/aromatic N) is 2. The van der Waals surface area contributed by atoms with Gasteiger partial charge in [-0.1, -0.05) is 11.8 Å². The monoisotopic (exact) mass is 288 g/mol. The average molecular weight is 288 g/mol. The van der Waals surface area contributed by atoms with Gasteiger partial charge in [0.1, 0.15) is 12.4 Å². The van der Waals surface area contributed by atoms with Gasteiger partial charge in [-0.2, -0.15) is 5.26 Å². The van der Waals surface area contributed by atoms with E-state index in [0.717, 1.165) is 6.07 Å². The summed E-state index contributed by atoms with van der Waals surface area (Å²) in [5.41, 5.74) is 0.501. The van der Waals surface area contributed by atoms with E-state index >= 15 is 0 Å². The number of halogens is 1. The van der Waals surface area contributed by atoms with E-state index in [1.807, 2.05) is 19.9 Å². The van der Waals surface area contributed by atoms with Gasteiger partial charge >= 0.3 is 0 Å². The molecule has 0 atom stereocenters. The molecule has 0 unspecified atom stereocenters. The normalized spacial score (nSPS) is 9.71. The fraction of sp³-hybridized carbons (Fsp3) is 0.375. The third-order valence-corrected chi connectivity index (χ3v) is 2.86. The minimum atomic E-state index is -0.531. The zero-order chi connectivity index (χ0) is 15.8. The van der Waals surface area contributed by atoms with Crippen molar-refractivity contribution in [2.75, 3.05) is 13.2 Å². The molecule has 4 nitrogen and oxygen atoms in total. The molecule has 0 aliphatic rings. The molecule has 0 spiro atoms. The Balaban J connectivity index is 3.20. The Morgan fingerprint density at radius 1 is 1.48 bits per heavy atom. The summed E-state index contributed by atoms with van der Waals surface area (Å²) < 4.78 is 13.4. The van der Waals surface area contributed by atoms with Crippen LogP contribution in [0.15, 0.2) is 18.2 Å². The molecule has 1 aromatic rings. The van der Waals surface area contributed by atoms with E-state index in [4.69, 9.17) is 10.4 Å². The van der Waals surface area contributed by atoms with Gasteiger partial charge in [0.2, 0.25) is 0 Å². The quantitative estimate of drug-likeness (QED) is 0.861. The first-order chi connectivity index (χ1) is 10.0. The largest absolute Gasteiger partial charge is 0.384 e. The topological polar surface area (TPSA) is 64.3 Å². The fourth-order valence-electron chi connectivity index (χ4n) is 1.86. The van der Waals surface area contributed by atoms with E-state index < -0.39 is 5.82 Å². The summed E-state index contributed by atoms with van der Waals surface area (Å²) in [5.74, 6) is 4.19. The number of carbonyl (C=O) groups is 1. The second-order valence-electron chi connectivity index (χ2n) is 4.65. The maximum atomic E-state index is 13.4. The van der Waals surface area contributed by atoms with Crippen LogP contribution in [0.2, 0.25) is 0 Å². The number of aliphatic hydroxyl groups is 1. The zero-order valence-corrected chi connectivity index (χ0v) is 12.1. The first-order valence-corrected chi connectivity index (χ1v) is 6.58. The van der Waals surface area contributed by atoms with Crippen molar-refractivity contribution < 1.29 is 14.3 Å². The van der Waals surface area contributed by atoms with Crippen LogP contribution in [0, 0.1) is 29.0 Å². The third kappa shape index (κ3) is 4.59. The highest BCUT2D eigenvalue weighted by atomic mass is 19.1. The fourth-order valence-corrected chi connectivity index (χ4v) is 1.86. The molecule has 1 N–H and O–H groups in total. The lowest BCUT2D eigenvalue weighted by Crippen LogP contribution is -2.38. The number of aliphatic hydroxyl groups excluding tert-OH is 1. The molecule has 0 aromatic heterocycles. The molecular formula is C16H17FN2O2. The van der Waals surface area contributed by atoms with Crippen molar-refractivity contribution in [3.63, 3.8) is 0 Å². The molecule has 0 radical (unpaired) electrons. The van der Waals surface area contributed by atoms with Crippen LogP contribution in [0.25, 0.3) is 0 Å². The van der Waals surface area contributed by atoms with E-state index in [1.165, 1.54) is 17.0 Å². The Morgan fingerprint density at radius 3 is 2.76 bits per heavy atom. The van der Waals surface area contributed by atoms with Gasteiger partial charge in [-0.25, -0.2) is 4.39 Å². The molecule has 1 amide bonds. The molecule has 0 fully saturated rings. The summed E-state index contributed by atoms with van der Waals surface area (Å²) in [6, 6.07) is 5.63. The minimum absolute atomic E-state index is 0.118. The van der Waals surface area contributed by atoms with Crippen molar-refractivity contribution in [2.24, 2.45) is 0 Å². The highest BCUT2D eigenvalue weighted by Crippen LogP contribution is 2.15. The minimum Gasteiger partial charge on any atom is -0.384 e. The zero-order valence-electron chi connectivity index (χ0n) is 12.1. The van der Waals surface area contributed by atoms with Crippen LogP contribution in [0.1, 0.15) is 36.2 Å². The number of rotatable bonds is 4. The summed E-state index contributed by atoms with van der Waals surface area (Å²) >= 11 is 0. The molecular weight excluding hydrogens is 271 g/mol. The van der Waals surface area contributed by atoms with Crippen molar-refractivity contribution in [2.45, 2.75) is 26.3 Å². The Morgan fingerprint density at radius 2 is 2.19 bits per heavy atom. The first-order valence-electron chi connectivity index (χ1n) is 6.58. The second kappa shape index (κ2) is 8.04. The third-order valence-electron chi connectivity index (χ3n) is 2.86. The van der Waals surface area contributed by atoms with Crippen molar-refractivity contribution in [1.82, 2.24) is 4.90 Å². The Kier molecular flexibility index (Phi) is 6.39. The van der Waals surface area contributed by atoms with Gasteiger partial charge in [-0.05, 0) is 32.0 Å². The molecule has 21 heavy (non-hydrogen) atoms. The standard InChI is InChI=1S/C16H17FN2O2/c1-12(2)19(9-4-8-18)16(21)15-11-14(17)7-6-13(15)5-3-10-20/h6-7,11-12,20H,4,9-10H2,1-2H3. The number of carbonyl (C=O) groups excluding carboxylic acids is 1. The smallest absolute Gasteiger partial charge is 0.255 e. The molecule has 0 bridgehead atoms. The van der Waals surface area contributed by atoms with E-state index in [-0.39, 0.29) is 37.1 Å². The number of hydrogen-bond donors (Lipinski definition) is 1. The molecule has 0 saturated carbocycles. The number of amides is 1. The van der Waals surface area contributed by atoms with E-state index in [1.54, 1.807) is 0 Å². The lowest BCUT2D eigenvalue weighted by atomic mass is 10.1. The van der Waals surface area contributed by atoms with Crippen molar-refractivity contribution >= 4 is 5.91 Å². The van der Waals surface area contributed by atoms with Gasteiger partial charge in [-0.15, -0.1) is 0 Å². The van der Waals surface area contributed by atoms with Crippen LogP contribution >= 0.6 is 0 Å². The average Bonchev–Trinajstić information content (AvgIpc) is 2.45. The molecule has 0 saturated heterocycles. The van der Waals surface area contributed by atoms with Gasteiger partial charge in [0.05, 0.1) is 18.1 Å². The van der Waals surface area contributed by atoms with Crippen LogP contribution in [-0.4, -0.2) is 35.1 Å². The first kappa shape index (κ1) is 16.7. The number of nitriles is 1. The van der Waals surface area contributed by atoms with Crippen molar-refractivity contribution in [3.05, 3.63) is 35.1 Å². The Labute approximate surface area is 123 Å². The maximum Gasteiger partial charge on any atom is 0.255 e. The molecule has 0 aliphatic heterocycles. The summed E-state index contributed by atoms with van der Waals surface area (Å²) in [4.78, 5) is 14.1. The predicted molar refractivity (Wildman–Crippen MR) is 76.8 cm³/mol. The van der Waals surface area contributed by atoms with Crippen LogP contribution in [0.5, 0.6) is 0 Å². The van der Waals surface area contributed by atoms with Crippen molar-refractivity contribution in [1.29, 1.82) is 5.26 Å². The molecule has 0 aliphatic carbocycles. The molecule has 0 heterocycles. The van der Waals surface area contributed by atoms with Gasteiger partial charge in [-0.3, -0.25) is 4.79 Å². The van der Waals surface area contributed by atoms with E-state index in [2.05, 4.69) is 11.8 Å². The van der Waals surface area contributed by atoms with Crippen LogP contribution in [0.3, 0.4) is 0 Å². The summed E-state index contributed by atoms with van der Waals surface area (Å²) in [6.07, 6.45) is 0.205. The van der Waals surface area contributed by atoms with Crippen LogP contribution in [-0.2, 0) is 0 Å². The SMILES string of the molecule is CC(C)N(CCC#N)C(=O)c1cc(F)ccc1C#CCO. The van der Waals surface area contributed by atoms with Crippen LogP contribution in [0.4, 0.5) is 4.39 Å². The van der Waals surface area contributed by atoms with Gasteiger partial charge in [0.15, 0.2) is 0 Å². The maximum absolute atomic E-state index is 13.4. The van der Waals surface area contributed by atoms with Gasteiger partial charge < -0.3 is 10.0 Å². The number of hydrogen-bond acceptors (Lipinski definition) is 3. The highest BCUT2D eigenvalue weighted by molar-refractivity contribution is 5.97. The molecule has 1 aromatic carbocycles. The predicted octanol–water partition coefficient (Wildman–Crippen LogP) is 1.93. The van der Waals surface area contributed by atoms with Crippen LogP contribution < -0.4 is 0 Å². The lowest BCUT2D eigenvalue weighted by Gasteiger charge is -2.26. The Hall–Kier alpha value is -2.37. The van der Waals surface area contributed by atoms with Gasteiger partial charge in [0.25, 0.3) is 5.91 Å². The lowest BCUT2D eigenvalue weighted by molar-refractivity contribution is 0.0709. The Bertz CT molecular complexity index is 609. The second-order valence-corrected chi connectivity index (χ2v) is 4.65. The molecule has 5 heteroatoms. The van der Waals surface area contributed by atoms with Gasteiger partial charge in [0, 0.05) is 18.2 Å². The highest BCUT2D eigenvalue weighted by Gasteiger charge is 2.21. The molecule has 110 valence electrons.